The highest BCUT2D eigenvalue weighted by atomic mass is 32.2. The van der Waals surface area contributed by atoms with Gasteiger partial charge in [0.25, 0.3) is 5.69 Å². The first kappa shape index (κ1) is 25.1. The number of nitrogens with zero attached hydrogens (tertiary/aromatic N) is 3. The van der Waals surface area contributed by atoms with Gasteiger partial charge < -0.3 is 10.1 Å². The minimum atomic E-state index is -3.91. The van der Waals surface area contributed by atoms with Crippen LogP contribution in [0.1, 0.15) is 19.4 Å². The molecule has 2 aromatic carbocycles. The van der Waals surface area contributed by atoms with Crippen LogP contribution in [0.2, 0.25) is 0 Å². The normalized spacial score (nSPS) is 16.0. The summed E-state index contributed by atoms with van der Waals surface area (Å²) >= 11 is 0. The molecule has 33 heavy (non-hydrogen) atoms. The standard InChI is InChI=1S/C23H32N4O5S/c1-3-25(4-2)21(16-19-8-6-5-7-9-19)18-24-22-11-10-20(27(28)29)17-23(22)33(30,31)26-12-14-32-15-13-26/h5-11,17,21,24H,3-4,12-16,18H2,1-2H3. The Labute approximate surface area is 195 Å². The molecule has 0 aliphatic carbocycles. The number of nitro benzene ring substituents is 1. The second-order valence-electron chi connectivity index (χ2n) is 7.90. The van der Waals surface area contributed by atoms with Crippen LogP contribution >= 0.6 is 0 Å². The fourth-order valence-corrected chi connectivity index (χ4v) is 5.69. The zero-order valence-electron chi connectivity index (χ0n) is 19.1. The highest BCUT2D eigenvalue weighted by Crippen LogP contribution is 2.30. The van der Waals surface area contributed by atoms with Gasteiger partial charge >= 0.3 is 0 Å². The van der Waals surface area contributed by atoms with Gasteiger partial charge in [-0.1, -0.05) is 44.2 Å². The molecule has 0 aromatic heterocycles. The summed E-state index contributed by atoms with van der Waals surface area (Å²) in [5.74, 6) is 0. The number of hydrogen-bond acceptors (Lipinski definition) is 7. The minimum absolute atomic E-state index is 0.0726. The smallest absolute Gasteiger partial charge is 0.270 e. The molecule has 1 aliphatic heterocycles. The first-order valence-electron chi connectivity index (χ1n) is 11.2. The Kier molecular flexibility index (Phi) is 8.79. The molecular weight excluding hydrogens is 444 g/mol. The predicted molar refractivity (Wildman–Crippen MR) is 128 cm³/mol. The molecule has 2 aromatic rings. The molecule has 0 radical (unpaired) electrons. The van der Waals surface area contributed by atoms with Crippen molar-refractivity contribution in [3.8, 4) is 0 Å². The van der Waals surface area contributed by atoms with Crippen LogP contribution in [0.15, 0.2) is 53.4 Å². The molecule has 1 unspecified atom stereocenters. The minimum Gasteiger partial charge on any atom is -0.382 e. The first-order chi connectivity index (χ1) is 15.9. The van der Waals surface area contributed by atoms with Crippen molar-refractivity contribution in [1.29, 1.82) is 0 Å². The van der Waals surface area contributed by atoms with E-state index >= 15 is 0 Å². The number of likely N-dealkylation sites (N-methyl/N-ethyl adjacent to an activating group) is 1. The summed E-state index contributed by atoms with van der Waals surface area (Å²) in [6.45, 7) is 7.46. The van der Waals surface area contributed by atoms with Crippen molar-refractivity contribution in [3.63, 3.8) is 0 Å². The lowest BCUT2D eigenvalue weighted by molar-refractivity contribution is -0.385. The van der Waals surface area contributed by atoms with Gasteiger partial charge in [0.15, 0.2) is 0 Å². The number of morpholine rings is 1. The number of nitrogens with one attached hydrogen (secondary N) is 1. The van der Waals surface area contributed by atoms with Crippen LogP contribution in [-0.4, -0.2) is 74.5 Å². The van der Waals surface area contributed by atoms with E-state index in [0.29, 0.717) is 25.4 Å². The first-order valence-corrected chi connectivity index (χ1v) is 12.7. The summed E-state index contributed by atoms with van der Waals surface area (Å²) in [5, 5.41) is 14.6. The van der Waals surface area contributed by atoms with E-state index in [1.165, 1.54) is 22.0 Å². The van der Waals surface area contributed by atoms with E-state index in [1.54, 1.807) is 0 Å². The third-order valence-electron chi connectivity index (χ3n) is 5.93. The van der Waals surface area contributed by atoms with E-state index in [1.807, 2.05) is 18.2 Å². The van der Waals surface area contributed by atoms with Gasteiger partial charge in [-0.3, -0.25) is 15.0 Å². The van der Waals surface area contributed by atoms with Gasteiger partial charge in [0, 0.05) is 37.8 Å². The van der Waals surface area contributed by atoms with E-state index in [2.05, 4.69) is 36.2 Å². The predicted octanol–water partition coefficient (Wildman–Crippen LogP) is 2.98. The van der Waals surface area contributed by atoms with Crippen molar-refractivity contribution in [2.24, 2.45) is 0 Å². The molecule has 1 heterocycles. The Morgan fingerprint density at radius 2 is 1.79 bits per heavy atom. The lowest BCUT2D eigenvalue weighted by Gasteiger charge is -2.31. The molecule has 1 saturated heterocycles. The van der Waals surface area contributed by atoms with Gasteiger partial charge in [0.2, 0.25) is 10.0 Å². The van der Waals surface area contributed by atoms with Crippen molar-refractivity contribution >= 4 is 21.4 Å². The fraction of sp³-hybridized carbons (Fsp3) is 0.478. The highest BCUT2D eigenvalue weighted by Gasteiger charge is 2.30. The molecule has 1 aliphatic rings. The molecule has 0 saturated carbocycles. The molecule has 3 rings (SSSR count). The Morgan fingerprint density at radius 1 is 1.12 bits per heavy atom. The average molecular weight is 477 g/mol. The molecule has 180 valence electrons. The van der Waals surface area contributed by atoms with Crippen LogP contribution in [-0.2, 0) is 21.2 Å². The van der Waals surface area contributed by atoms with E-state index in [0.717, 1.165) is 25.6 Å². The maximum atomic E-state index is 13.4. The van der Waals surface area contributed by atoms with Crippen molar-refractivity contribution in [2.45, 2.75) is 31.2 Å². The quantitative estimate of drug-likeness (QED) is 0.393. The summed E-state index contributed by atoms with van der Waals surface area (Å²) in [4.78, 5) is 13.0. The number of ether oxygens (including phenoxy) is 1. The third-order valence-corrected chi connectivity index (χ3v) is 7.87. The number of non-ortho nitro benzene ring substituents is 1. The van der Waals surface area contributed by atoms with Crippen LogP contribution in [0.4, 0.5) is 11.4 Å². The Balaban J connectivity index is 1.89. The van der Waals surface area contributed by atoms with Crippen molar-refractivity contribution in [1.82, 2.24) is 9.21 Å². The van der Waals surface area contributed by atoms with E-state index < -0.39 is 14.9 Å². The molecule has 0 amide bonds. The zero-order chi connectivity index (χ0) is 23.8. The van der Waals surface area contributed by atoms with Gasteiger partial charge in [-0.2, -0.15) is 4.31 Å². The molecule has 1 N–H and O–H groups in total. The summed E-state index contributed by atoms with van der Waals surface area (Å²) in [6.07, 6.45) is 0.800. The average Bonchev–Trinajstić information content (AvgIpc) is 2.84. The number of rotatable bonds is 11. The summed E-state index contributed by atoms with van der Waals surface area (Å²) < 4.78 is 33.3. The van der Waals surface area contributed by atoms with Crippen molar-refractivity contribution in [3.05, 3.63) is 64.2 Å². The number of nitro groups is 1. The molecule has 0 spiro atoms. The molecular formula is C23H32N4O5S. The number of anilines is 1. The maximum Gasteiger partial charge on any atom is 0.270 e. The Hall–Kier alpha value is -2.53. The van der Waals surface area contributed by atoms with Gasteiger partial charge in [0.1, 0.15) is 4.90 Å². The lowest BCUT2D eigenvalue weighted by atomic mass is 10.0. The monoisotopic (exact) mass is 476 g/mol. The van der Waals surface area contributed by atoms with Crippen molar-refractivity contribution < 1.29 is 18.1 Å². The molecule has 0 bridgehead atoms. The largest absolute Gasteiger partial charge is 0.382 e. The Bertz CT molecular complexity index is 1020. The van der Waals surface area contributed by atoms with Crippen LogP contribution < -0.4 is 5.32 Å². The van der Waals surface area contributed by atoms with E-state index in [4.69, 9.17) is 4.74 Å². The molecule has 10 heteroatoms. The topological polar surface area (TPSA) is 105 Å². The number of sulfonamides is 1. The maximum absolute atomic E-state index is 13.4. The van der Waals surface area contributed by atoms with Crippen LogP contribution in [0.5, 0.6) is 0 Å². The van der Waals surface area contributed by atoms with Crippen molar-refractivity contribution in [2.75, 3.05) is 51.3 Å². The van der Waals surface area contributed by atoms with Crippen LogP contribution in [0, 0.1) is 10.1 Å². The van der Waals surface area contributed by atoms with E-state index in [-0.39, 0.29) is 29.7 Å². The summed E-state index contributed by atoms with van der Waals surface area (Å²) in [5.41, 5.74) is 1.32. The second-order valence-corrected chi connectivity index (χ2v) is 9.81. The van der Waals surface area contributed by atoms with Gasteiger partial charge in [-0.05, 0) is 31.1 Å². The number of hydrogen-bond donors (Lipinski definition) is 1. The lowest BCUT2D eigenvalue weighted by Crippen LogP contribution is -2.42. The fourth-order valence-electron chi connectivity index (χ4n) is 4.09. The highest BCUT2D eigenvalue weighted by molar-refractivity contribution is 7.89. The van der Waals surface area contributed by atoms with E-state index in [9.17, 15) is 18.5 Å². The summed E-state index contributed by atoms with van der Waals surface area (Å²) in [6, 6.07) is 14.3. The van der Waals surface area contributed by atoms with Gasteiger partial charge in [-0.25, -0.2) is 8.42 Å². The third kappa shape index (κ3) is 6.29. The Morgan fingerprint density at radius 3 is 2.39 bits per heavy atom. The van der Waals surface area contributed by atoms with Crippen LogP contribution in [0.3, 0.4) is 0 Å². The van der Waals surface area contributed by atoms with Gasteiger partial charge in [0.05, 0.1) is 23.8 Å². The molecule has 1 atom stereocenters. The number of benzene rings is 2. The van der Waals surface area contributed by atoms with Crippen LogP contribution in [0.25, 0.3) is 0 Å². The summed E-state index contributed by atoms with van der Waals surface area (Å²) in [7, 11) is -3.91. The molecule has 1 fully saturated rings. The second kappa shape index (κ2) is 11.6. The molecule has 9 nitrogen and oxygen atoms in total. The zero-order valence-corrected chi connectivity index (χ0v) is 20.0. The SMILES string of the molecule is CCN(CC)C(CNc1ccc([N+](=O)[O-])cc1S(=O)(=O)N1CCOCC1)Cc1ccccc1. The van der Waals surface area contributed by atoms with Gasteiger partial charge in [-0.15, -0.1) is 0 Å².